The molecule has 0 aliphatic heterocycles. The number of carbonyl (C=O) groups is 1. The van der Waals surface area contributed by atoms with Crippen LogP contribution in [0.15, 0.2) is 22.4 Å². The van der Waals surface area contributed by atoms with Gasteiger partial charge in [-0.3, -0.25) is 5.43 Å². The summed E-state index contributed by atoms with van der Waals surface area (Å²) in [6.07, 6.45) is -2.88. The molecule has 1 N–H and O–H groups in total. The van der Waals surface area contributed by atoms with Crippen molar-refractivity contribution < 1.29 is 22.8 Å². The maximum absolute atomic E-state index is 12.7. The van der Waals surface area contributed by atoms with Gasteiger partial charge in [0.15, 0.2) is 5.04 Å². The summed E-state index contributed by atoms with van der Waals surface area (Å²) < 4.78 is 38.0. The van der Waals surface area contributed by atoms with E-state index in [0.29, 0.717) is 5.71 Å². The van der Waals surface area contributed by atoms with Crippen LogP contribution in [-0.4, -0.2) is 23.0 Å². The van der Waals surface area contributed by atoms with Crippen molar-refractivity contribution in [2.45, 2.75) is 20.0 Å². The fraction of sp³-hybridized carbons (Fsp3) is 0.308. The number of thioether (sulfide) groups is 1. The molecule has 1 aromatic rings. The molecule has 0 radical (unpaired) electrons. The molecule has 1 rings (SSSR count). The summed E-state index contributed by atoms with van der Waals surface area (Å²) in [5.74, 6) is -0.601. The van der Waals surface area contributed by atoms with E-state index in [-0.39, 0.29) is 20.8 Å². The minimum atomic E-state index is -4.56. The first-order valence-corrected chi connectivity index (χ1v) is 8.20. The summed E-state index contributed by atoms with van der Waals surface area (Å²) in [6, 6.07) is 1.48. The van der Waals surface area contributed by atoms with Crippen molar-refractivity contribution in [1.29, 1.82) is 0 Å². The highest BCUT2D eigenvalue weighted by Gasteiger charge is 2.32. The highest BCUT2D eigenvalue weighted by molar-refractivity contribution is 8.15. The van der Waals surface area contributed by atoms with Gasteiger partial charge in [0.1, 0.15) is 0 Å². The molecule has 24 heavy (non-hydrogen) atoms. The molecule has 0 amide bonds. The lowest BCUT2D eigenvalue weighted by atomic mass is 10.2. The van der Waals surface area contributed by atoms with Gasteiger partial charge in [-0.25, -0.2) is 4.79 Å². The van der Waals surface area contributed by atoms with Crippen LogP contribution in [0.3, 0.4) is 0 Å². The largest absolute Gasteiger partial charge is 0.416 e. The lowest BCUT2D eigenvalue weighted by Crippen LogP contribution is -2.10. The van der Waals surface area contributed by atoms with Crippen LogP contribution in [0.25, 0.3) is 0 Å². The van der Waals surface area contributed by atoms with Crippen LogP contribution in [-0.2, 0) is 15.8 Å². The number of oxime groups is 1. The number of rotatable bonds is 4. The van der Waals surface area contributed by atoms with E-state index in [1.165, 1.54) is 6.92 Å². The van der Waals surface area contributed by atoms with E-state index < -0.39 is 17.7 Å². The van der Waals surface area contributed by atoms with Crippen molar-refractivity contribution in [3.05, 3.63) is 27.7 Å². The first kappa shape index (κ1) is 20.6. The number of alkyl halides is 3. The summed E-state index contributed by atoms with van der Waals surface area (Å²) in [4.78, 5) is 15.3. The molecule has 0 spiro atoms. The zero-order valence-corrected chi connectivity index (χ0v) is 15.0. The van der Waals surface area contributed by atoms with Gasteiger partial charge in [-0.2, -0.15) is 18.3 Å². The molecule has 11 heteroatoms. The Morgan fingerprint density at radius 3 is 2.21 bits per heavy atom. The predicted molar refractivity (Wildman–Crippen MR) is 90.9 cm³/mol. The Labute approximate surface area is 150 Å². The van der Waals surface area contributed by atoms with Gasteiger partial charge < -0.3 is 4.84 Å². The summed E-state index contributed by atoms with van der Waals surface area (Å²) in [7, 11) is 0. The van der Waals surface area contributed by atoms with Gasteiger partial charge in [-0.15, -0.1) is 11.8 Å². The molecule has 0 saturated heterocycles. The minimum absolute atomic E-state index is 0.0126. The number of nitrogens with zero attached hydrogens (tertiary/aromatic N) is 2. The van der Waals surface area contributed by atoms with E-state index in [4.69, 9.17) is 23.2 Å². The molecule has 0 bridgehead atoms. The average Bonchev–Trinajstić information content (AvgIpc) is 2.45. The molecular weight excluding hydrogens is 390 g/mol. The van der Waals surface area contributed by atoms with Crippen LogP contribution in [0, 0.1) is 0 Å². The van der Waals surface area contributed by atoms with Gasteiger partial charge >= 0.3 is 12.1 Å². The van der Waals surface area contributed by atoms with Crippen molar-refractivity contribution >= 4 is 57.4 Å². The zero-order chi connectivity index (χ0) is 18.5. The first-order chi connectivity index (χ1) is 11.1. The monoisotopic (exact) mass is 401 g/mol. The molecule has 0 aliphatic rings. The number of anilines is 1. The Bertz CT molecular complexity index is 671. The Morgan fingerprint density at radius 1 is 1.25 bits per heavy atom. The van der Waals surface area contributed by atoms with Crippen LogP contribution >= 0.6 is 35.0 Å². The molecule has 132 valence electrons. The summed E-state index contributed by atoms with van der Waals surface area (Å²) >= 11 is 12.8. The highest BCUT2D eigenvalue weighted by Crippen LogP contribution is 2.38. The maximum Gasteiger partial charge on any atom is 0.416 e. The topological polar surface area (TPSA) is 63.0 Å². The summed E-state index contributed by atoms with van der Waals surface area (Å²) in [5.41, 5.74) is 1.84. The van der Waals surface area contributed by atoms with Gasteiger partial charge in [-0.1, -0.05) is 28.4 Å². The van der Waals surface area contributed by atoms with Crippen LogP contribution in [0.1, 0.15) is 19.4 Å². The lowest BCUT2D eigenvalue weighted by molar-refractivity contribution is -0.141. The SMILES string of the molecule is CSC(=NOC(C)=O)C(C)=NNc1c(Cl)cc(C(F)(F)F)cc1Cl. The Balaban J connectivity index is 3.05. The normalized spacial score (nSPS) is 13.0. The van der Waals surface area contributed by atoms with Crippen molar-refractivity contribution in [3.63, 3.8) is 0 Å². The number of hydrazone groups is 1. The maximum atomic E-state index is 12.7. The minimum Gasteiger partial charge on any atom is -0.317 e. The second-order valence-electron chi connectivity index (χ2n) is 4.31. The van der Waals surface area contributed by atoms with E-state index in [9.17, 15) is 18.0 Å². The Kier molecular flexibility index (Phi) is 7.37. The average molecular weight is 402 g/mol. The van der Waals surface area contributed by atoms with Gasteiger partial charge in [0.05, 0.1) is 27.0 Å². The molecule has 0 atom stereocenters. The number of benzene rings is 1. The van der Waals surface area contributed by atoms with Crippen molar-refractivity contribution in [1.82, 2.24) is 0 Å². The summed E-state index contributed by atoms with van der Waals surface area (Å²) in [5, 5.41) is 7.33. The van der Waals surface area contributed by atoms with Gasteiger partial charge in [0.25, 0.3) is 0 Å². The second-order valence-corrected chi connectivity index (χ2v) is 5.91. The molecule has 0 heterocycles. The molecule has 1 aromatic carbocycles. The molecule has 0 unspecified atom stereocenters. The van der Waals surface area contributed by atoms with Crippen molar-refractivity contribution in [2.24, 2.45) is 10.3 Å². The highest BCUT2D eigenvalue weighted by atomic mass is 35.5. The second kappa shape index (κ2) is 8.59. The number of hydrogen-bond acceptors (Lipinski definition) is 6. The van der Waals surface area contributed by atoms with E-state index in [0.717, 1.165) is 23.9 Å². The number of hydrogen-bond donors (Lipinski definition) is 1. The standard InChI is InChI=1S/C13H12Cl2F3N3O2S/c1-6(12(24-3)21-23-7(2)22)19-20-11-9(14)4-8(5-10(11)15)13(16,17)18/h4-5,20H,1-3H3. The van der Waals surface area contributed by atoms with E-state index in [1.54, 1.807) is 13.2 Å². The van der Waals surface area contributed by atoms with Gasteiger partial charge in [0, 0.05) is 6.92 Å². The fourth-order valence-corrected chi connectivity index (χ4v) is 2.41. The fourth-order valence-electron chi connectivity index (χ4n) is 1.39. The molecule has 0 saturated carbocycles. The third-order valence-corrected chi connectivity index (χ3v) is 3.82. The lowest BCUT2D eigenvalue weighted by Gasteiger charge is -2.12. The van der Waals surface area contributed by atoms with Crippen LogP contribution < -0.4 is 5.43 Å². The third-order valence-electron chi connectivity index (χ3n) is 2.46. The number of halogens is 5. The van der Waals surface area contributed by atoms with Crippen LogP contribution in [0.2, 0.25) is 10.0 Å². The predicted octanol–water partition coefficient (Wildman–Crippen LogP) is 5.04. The number of carbonyl (C=O) groups excluding carboxylic acids is 1. The van der Waals surface area contributed by atoms with E-state index >= 15 is 0 Å². The molecule has 0 aliphatic carbocycles. The van der Waals surface area contributed by atoms with Gasteiger partial charge in [-0.05, 0) is 25.3 Å². The molecule has 0 aromatic heterocycles. The number of nitrogens with one attached hydrogen (secondary N) is 1. The van der Waals surface area contributed by atoms with Crippen molar-refractivity contribution in [3.8, 4) is 0 Å². The van der Waals surface area contributed by atoms with Crippen molar-refractivity contribution in [2.75, 3.05) is 11.7 Å². The smallest absolute Gasteiger partial charge is 0.317 e. The Hall–Kier alpha value is -1.45. The molecule has 0 fully saturated rings. The third kappa shape index (κ3) is 5.88. The Morgan fingerprint density at radius 2 is 1.79 bits per heavy atom. The van der Waals surface area contributed by atoms with Gasteiger partial charge in [0.2, 0.25) is 0 Å². The van der Waals surface area contributed by atoms with Crippen LogP contribution in [0.5, 0.6) is 0 Å². The van der Waals surface area contributed by atoms with E-state index in [1.807, 2.05) is 0 Å². The van der Waals surface area contributed by atoms with E-state index in [2.05, 4.69) is 20.5 Å². The summed E-state index contributed by atoms with van der Waals surface area (Å²) in [6.45, 7) is 2.74. The quantitative estimate of drug-likeness (QED) is 0.332. The molecular formula is C13H12Cl2F3N3O2S. The molecule has 5 nitrogen and oxygen atoms in total. The van der Waals surface area contributed by atoms with Crippen LogP contribution in [0.4, 0.5) is 18.9 Å². The zero-order valence-electron chi connectivity index (χ0n) is 12.7. The first-order valence-electron chi connectivity index (χ1n) is 6.22.